The summed E-state index contributed by atoms with van der Waals surface area (Å²) in [5.74, 6) is 1.41. The van der Waals surface area contributed by atoms with Crippen molar-refractivity contribution in [2.24, 2.45) is 28.5 Å². The van der Waals surface area contributed by atoms with E-state index in [0.717, 1.165) is 17.4 Å². The van der Waals surface area contributed by atoms with E-state index in [9.17, 15) is 14.0 Å². The van der Waals surface area contributed by atoms with E-state index in [-0.39, 0.29) is 23.5 Å². The van der Waals surface area contributed by atoms with Gasteiger partial charge in [-0.2, -0.15) is 4.39 Å². The highest BCUT2D eigenvalue weighted by Gasteiger charge is 2.46. The summed E-state index contributed by atoms with van der Waals surface area (Å²) in [7, 11) is 0. The van der Waals surface area contributed by atoms with E-state index in [1.807, 2.05) is 19.9 Å². The fraction of sp³-hybridized carbons (Fsp3) is 0.483. The highest BCUT2D eigenvalue weighted by molar-refractivity contribution is 6.43. The Morgan fingerprint density at radius 1 is 1.11 bits per heavy atom. The molecule has 1 amide bonds. The Morgan fingerprint density at radius 3 is 2.32 bits per heavy atom. The molecule has 3 fully saturated rings. The molecule has 2 heterocycles. The number of nitrogen functional groups attached to an aromatic ring is 1. The molecule has 2 aromatic rings. The first-order valence-corrected chi connectivity index (χ1v) is 13.4. The average molecular weight is 521 g/mol. The predicted molar refractivity (Wildman–Crippen MR) is 147 cm³/mol. The van der Waals surface area contributed by atoms with Crippen LogP contribution in [-0.4, -0.2) is 40.0 Å². The van der Waals surface area contributed by atoms with Gasteiger partial charge in [-0.1, -0.05) is 0 Å². The number of halogens is 1. The molecule has 0 aliphatic heterocycles. The first-order chi connectivity index (χ1) is 18.3. The smallest absolute Gasteiger partial charge is 0.270 e. The number of rotatable bonds is 10. The number of nitrogens with one attached hydrogen (secondary N) is 1. The molecule has 0 aromatic carbocycles. The van der Waals surface area contributed by atoms with Crippen molar-refractivity contribution in [3.63, 3.8) is 0 Å². The molecule has 5 rings (SSSR count). The maximum absolute atomic E-state index is 13.8. The highest BCUT2D eigenvalue weighted by Crippen LogP contribution is 2.50. The van der Waals surface area contributed by atoms with Crippen LogP contribution in [0.4, 0.5) is 10.2 Å². The molecule has 2 aromatic heterocycles. The van der Waals surface area contributed by atoms with Gasteiger partial charge in [0.25, 0.3) is 5.91 Å². The Kier molecular flexibility index (Phi) is 8.86. The van der Waals surface area contributed by atoms with Crippen LogP contribution in [0, 0.1) is 23.7 Å². The van der Waals surface area contributed by atoms with Crippen molar-refractivity contribution in [2.45, 2.75) is 70.4 Å². The lowest BCUT2D eigenvalue weighted by Gasteiger charge is -2.23. The number of carbonyl (C=O) groups is 2. The maximum atomic E-state index is 13.8. The standard InChI is InChI=1S/C16H25N3O2.C13H12FN3/c1-10(2)18-13(7-8-17)16(21)19-14(9-20)15(11-3-4-11)12-5-6-12;14-13-10(3-4-12(15)17-13)11-7-16-6-5-9(11)8-1-2-8/h7-12,14-15H,3-6,17H2,1-2H3,(H,19,21);3-8H,1-2H2,(H2,15,17)/b8-7-,18-13?;/t14-;/m1./s1. The second kappa shape index (κ2) is 12.3. The highest BCUT2D eigenvalue weighted by atomic mass is 19.1. The number of nitrogens with zero attached hydrogens (tertiary/aromatic N) is 3. The zero-order chi connectivity index (χ0) is 27.2. The summed E-state index contributed by atoms with van der Waals surface area (Å²) in [6.07, 6.45) is 14.2. The van der Waals surface area contributed by atoms with Crippen LogP contribution in [0.15, 0.2) is 47.9 Å². The van der Waals surface area contributed by atoms with Crippen LogP contribution in [-0.2, 0) is 9.59 Å². The van der Waals surface area contributed by atoms with Crippen LogP contribution in [0.1, 0.15) is 63.9 Å². The van der Waals surface area contributed by atoms with Crippen LogP contribution in [0.3, 0.4) is 0 Å². The third kappa shape index (κ3) is 7.24. The van der Waals surface area contributed by atoms with E-state index in [1.54, 1.807) is 24.5 Å². The first-order valence-electron chi connectivity index (χ1n) is 13.4. The summed E-state index contributed by atoms with van der Waals surface area (Å²) in [6.45, 7) is 3.79. The fourth-order valence-electron chi connectivity index (χ4n) is 4.96. The lowest BCUT2D eigenvalue weighted by Crippen LogP contribution is -2.45. The Morgan fingerprint density at radius 2 is 1.79 bits per heavy atom. The Hall–Kier alpha value is -3.62. The Labute approximate surface area is 223 Å². The molecule has 1 atom stereocenters. The van der Waals surface area contributed by atoms with Gasteiger partial charge in [-0.25, -0.2) is 4.98 Å². The van der Waals surface area contributed by atoms with Gasteiger partial charge in [-0.05, 0) is 112 Å². The summed E-state index contributed by atoms with van der Waals surface area (Å²) in [5.41, 5.74) is 13.6. The summed E-state index contributed by atoms with van der Waals surface area (Å²) in [5, 5.41) is 2.86. The largest absolute Gasteiger partial charge is 0.405 e. The van der Waals surface area contributed by atoms with Crippen molar-refractivity contribution >= 4 is 23.7 Å². The minimum absolute atomic E-state index is 0.000655. The molecule has 0 saturated heterocycles. The maximum Gasteiger partial charge on any atom is 0.270 e. The molecule has 8 nitrogen and oxygen atoms in total. The van der Waals surface area contributed by atoms with E-state index >= 15 is 0 Å². The second-order valence-corrected chi connectivity index (χ2v) is 10.7. The van der Waals surface area contributed by atoms with Crippen LogP contribution >= 0.6 is 0 Å². The molecule has 0 spiro atoms. The summed E-state index contributed by atoms with van der Waals surface area (Å²) in [4.78, 5) is 35.8. The predicted octanol–water partition coefficient (Wildman–Crippen LogP) is 4.17. The molecular formula is C29H37FN6O2. The zero-order valence-electron chi connectivity index (χ0n) is 22.0. The molecular weight excluding hydrogens is 483 g/mol. The normalized spacial score (nSPS) is 18.3. The number of aliphatic imine (C=N–C) groups is 1. The van der Waals surface area contributed by atoms with E-state index in [4.69, 9.17) is 11.5 Å². The van der Waals surface area contributed by atoms with E-state index < -0.39 is 12.0 Å². The summed E-state index contributed by atoms with van der Waals surface area (Å²) < 4.78 is 13.8. The van der Waals surface area contributed by atoms with Gasteiger partial charge in [0.2, 0.25) is 5.95 Å². The average Bonchev–Trinajstić information content (AvgIpc) is 3.74. The van der Waals surface area contributed by atoms with Crippen molar-refractivity contribution in [1.29, 1.82) is 0 Å². The number of amides is 1. The number of carbonyl (C=O) groups excluding carboxylic acids is 2. The van der Waals surface area contributed by atoms with Crippen molar-refractivity contribution < 1.29 is 14.0 Å². The molecule has 0 bridgehead atoms. The topological polar surface area (TPSA) is 136 Å². The zero-order valence-corrected chi connectivity index (χ0v) is 22.0. The van der Waals surface area contributed by atoms with Crippen LogP contribution in [0.2, 0.25) is 0 Å². The third-order valence-corrected chi connectivity index (χ3v) is 7.11. The van der Waals surface area contributed by atoms with Crippen LogP contribution in [0.25, 0.3) is 11.1 Å². The second-order valence-electron chi connectivity index (χ2n) is 10.7. The summed E-state index contributed by atoms with van der Waals surface area (Å²) >= 11 is 0. The lowest BCUT2D eigenvalue weighted by molar-refractivity contribution is -0.120. The minimum Gasteiger partial charge on any atom is -0.405 e. The SMILES string of the molecule is CC(C)N=C(/C=C\N)C(=O)N[C@H](C=O)C(C1CC1)C1CC1.Nc1ccc(-c2cnccc2C2CC2)c(F)n1. The molecule has 9 heteroatoms. The Bertz CT molecular complexity index is 1190. The van der Waals surface area contributed by atoms with Crippen LogP contribution in [0.5, 0.6) is 0 Å². The summed E-state index contributed by atoms with van der Waals surface area (Å²) in [6, 6.07) is 4.84. The Balaban J connectivity index is 0.000000180. The number of aromatic nitrogens is 2. The number of pyridine rings is 2. The number of aldehydes is 1. The molecule has 5 N–H and O–H groups in total. The van der Waals surface area contributed by atoms with Gasteiger partial charge in [0.05, 0.1) is 6.04 Å². The quantitative estimate of drug-likeness (QED) is 0.244. The monoisotopic (exact) mass is 520 g/mol. The molecule has 3 saturated carbocycles. The van der Waals surface area contributed by atoms with E-state index in [2.05, 4.69) is 20.3 Å². The molecule has 202 valence electrons. The van der Waals surface area contributed by atoms with Crippen molar-refractivity contribution in [3.8, 4) is 11.1 Å². The molecule has 3 aliphatic rings. The van der Waals surface area contributed by atoms with Crippen molar-refractivity contribution in [1.82, 2.24) is 15.3 Å². The molecule has 3 aliphatic carbocycles. The van der Waals surface area contributed by atoms with Crippen molar-refractivity contribution in [2.75, 3.05) is 5.73 Å². The minimum atomic E-state index is -0.528. The number of nitrogens with two attached hydrogens (primary N) is 2. The van der Waals surface area contributed by atoms with Gasteiger partial charge >= 0.3 is 0 Å². The van der Waals surface area contributed by atoms with E-state index in [0.29, 0.717) is 29.2 Å². The third-order valence-electron chi connectivity index (χ3n) is 7.11. The van der Waals surface area contributed by atoms with Crippen LogP contribution < -0.4 is 16.8 Å². The number of hydrogen-bond donors (Lipinski definition) is 3. The van der Waals surface area contributed by atoms with Gasteiger partial charge < -0.3 is 21.6 Å². The molecule has 0 unspecified atom stereocenters. The lowest BCUT2D eigenvalue weighted by atomic mass is 9.90. The van der Waals surface area contributed by atoms with E-state index in [1.165, 1.54) is 50.8 Å². The molecule has 38 heavy (non-hydrogen) atoms. The van der Waals surface area contributed by atoms with Gasteiger partial charge in [-0.3, -0.25) is 14.8 Å². The van der Waals surface area contributed by atoms with Crippen molar-refractivity contribution in [3.05, 3.63) is 54.4 Å². The molecule has 0 radical (unpaired) electrons. The number of anilines is 1. The van der Waals surface area contributed by atoms with Gasteiger partial charge in [0.1, 0.15) is 17.8 Å². The number of hydrogen-bond acceptors (Lipinski definition) is 7. The fourth-order valence-corrected chi connectivity index (χ4v) is 4.96. The van der Waals surface area contributed by atoms with Gasteiger partial charge in [-0.15, -0.1) is 0 Å². The first kappa shape index (κ1) is 27.4. The van der Waals surface area contributed by atoms with Gasteiger partial charge in [0, 0.05) is 29.6 Å². The van der Waals surface area contributed by atoms with Gasteiger partial charge in [0.15, 0.2) is 0 Å².